The molecule has 0 N–H and O–H groups in total. The Kier molecular flexibility index (Phi) is 6.44. The number of amides is 1. The molecule has 0 unspecified atom stereocenters. The summed E-state index contributed by atoms with van der Waals surface area (Å²) in [4.78, 5) is 34.2. The number of rotatable bonds is 6. The van der Waals surface area contributed by atoms with Crippen molar-refractivity contribution >= 4 is 38.4 Å². The van der Waals surface area contributed by atoms with Crippen LogP contribution in [0.15, 0.2) is 121 Å². The first-order chi connectivity index (χ1) is 18.0. The fourth-order valence-corrected chi connectivity index (χ4v) is 5.28. The first kappa shape index (κ1) is 23.8. The van der Waals surface area contributed by atoms with Gasteiger partial charge in [0.1, 0.15) is 5.75 Å². The van der Waals surface area contributed by atoms with Crippen LogP contribution in [0.5, 0.6) is 5.75 Å². The van der Waals surface area contributed by atoms with Crippen LogP contribution < -0.4 is 9.04 Å². The number of aromatic nitrogens is 2. The summed E-state index contributed by atoms with van der Waals surface area (Å²) in [7, 11) is -4.32. The van der Waals surface area contributed by atoms with Gasteiger partial charge in [0.2, 0.25) is 0 Å². The molecule has 0 fully saturated rings. The first-order valence-corrected chi connectivity index (χ1v) is 12.6. The van der Waals surface area contributed by atoms with Crippen molar-refractivity contribution < 1.29 is 22.7 Å². The smallest absolute Gasteiger partial charge is 0.343 e. The number of sulfonamides is 1. The van der Waals surface area contributed by atoms with Crippen molar-refractivity contribution in [1.29, 1.82) is 0 Å². The van der Waals surface area contributed by atoms with E-state index in [9.17, 15) is 18.0 Å². The molecule has 1 amide bonds. The Morgan fingerprint density at radius 2 is 1.22 bits per heavy atom. The van der Waals surface area contributed by atoms with Crippen LogP contribution in [0.4, 0.5) is 5.69 Å². The van der Waals surface area contributed by atoms with E-state index in [-0.39, 0.29) is 21.9 Å². The Balaban J connectivity index is 1.67. The summed E-state index contributed by atoms with van der Waals surface area (Å²) in [6, 6.07) is 23.4. The van der Waals surface area contributed by atoms with E-state index < -0.39 is 21.9 Å². The molecule has 9 heteroatoms. The summed E-state index contributed by atoms with van der Waals surface area (Å²) >= 11 is 0. The SMILES string of the molecule is O=C(Oc1ccc(N(C(=O)c2ccncc2)S(=O)(=O)c2ccccc2)c2ccccc12)c1ccncc1. The zero-order chi connectivity index (χ0) is 25.8. The Morgan fingerprint density at radius 3 is 1.86 bits per heavy atom. The van der Waals surface area contributed by atoms with Gasteiger partial charge in [0.15, 0.2) is 0 Å². The van der Waals surface area contributed by atoms with E-state index in [0.29, 0.717) is 16.3 Å². The van der Waals surface area contributed by atoms with Gasteiger partial charge in [-0.25, -0.2) is 13.2 Å². The van der Waals surface area contributed by atoms with E-state index >= 15 is 0 Å². The van der Waals surface area contributed by atoms with Gasteiger partial charge in [0.05, 0.1) is 16.1 Å². The van der Waals surface area contributed by atoms with Crippen molar-refractivity contribution in [2.24, 2.45) is 0 Å². The molecule has 0 radical (unpaired) electrons. The normalized spacial score (nSPS) is 11.1. The van der Waals surface area contributed by atoms with Crippen LogP contribution in [-0.2, 0) is 10.0 Å². The maximum absolute atomic E-state index is 13.8. The van der Waals surface area contributed by atoms with E-state index in [1.807, 2.05) is 0 Å². The van der Waals surface area contributed by atoms with Crippen LogP contribution in [0, 0.1) is 0 Å². The molecule has 0 bridgehead atoms. The first-order valence-electron chi connectivity index (χ1n) is 11.2. The number of nitrogens with zero attached hydrogens (tertiary/aromatic N) is 3. The lowest BCUT2D eigenvalue weighted by atomic mass is 10.1. The largest absolute Gasteiger partial charge is 0.422 e. The van der Waals surface area contributed by atoms with Crippen LogP contribution in [0.2, 0.25) is 0 Å². The Morgan fingerprint density at radius 1 is 0.649 bits per heavy atom. The predicted molar refractivity (Wildman–Crippen MR) is 138 cm³/mol. The van der Waals surface area contributed by atoms with Crippen LogP contribution in [0.1, 0.15) is 20.7 Å². The van der Waals surface area contributed by atoms with Crippen LogP contribution in [0.3, 0.4) is 0 Å². The summed E-state index contributed by atoms with van der Waals surface area (Å²) in [5, 5.41) is 0.864. The van der Waals surface area contributed by atoms with Gasteiger partial charge in [-0.05, 0) is 48.5 Å². The molecule has 0 aliphatic heterocycles. The Bertz CT molecular complexity index is 1690. The molecule has 0 spiro atoms. The summed E-state index contributed by atoms with van der Waals surface area (Å²) in [5.41, 5.74) is 0.570. The van der Waals surface area contributed by atoms with Gasteiger partial charge in [-0.2, -0.15) is 4.31 Å². The van der Waals surface area contributed by atoms with Gasteiger partial charge < -0.3 is 4.74 Å². The quantitative estimate of drug-likeness (QED) is 0.237. The molecule has 0 saturated heterocycles. The van der Waals surface area contributed by atoms with Gasteiger partial charge in [0.25, 0.3) is 15.9 Å². The zero-order valence-corrected chi connectivity index (χ0v) is 20.1. The molecule has 2 heterocycles. The molecular formula is C28H19N3O5S. The Hall–Kier alpha value is -4.89. The third-order valence-electron chi connectivity index (χ3n) is 5.59. The van der Waals surface area contributed by atoms with Crippen molar-refractivity contribution in [1.82, 2.24) is 9.97 Å². The highest BCUT2D eigenvalue weighted by atomic mass is 32.2. The number of pyridine rings is 2. The van der Waals surface area contributed by atoms with Gasteiger partial charge in [0, 0.05) is 41.1 Å². The molecule has 3 aromatic carbocycles. The van der Waals surface area contributed by atoms with Gasteiger partial charge in [-0.3, -0.25) is 14.8 Å². The topological polar surface area (TPSA) is 107 Å². The molecule has 0 aliphatic carbocycles. The molecule has 37 heavy (non-hydrogen) atoms. The van der Waals surface area contributed by atoms with E-state index in [2.05, 4.69) is 9.97 Å². The van der Waals surface area contributed by atoms with Crippen molar-refractivity contribution in [3.8, 4) is 5.75 Å². The lowest BCUT2D eigenvalue weighted by Crippen LogP contribution is -2.37. The molecule has 0 aliphatic rings. The lowest BCUT2D eigenvalue weighted by Gasteiger charge is -2.24. The fraction of sp³-hybridized carbons (Fsp3) is 0. The van der Waals surface area contributed by atoms with E-state index in [1.54, 1.807) is 42.5 Å². The van der Waals surface area contributed by atoms with Crippen LogP contribution in [0.25, 0.3) is 10.8 Å². The molecule has 2 aromatic heterocycles. The number of benzene rings is 3. The van der Waals surface area contributed by atoms with Crippen molar-refractivity contribution in [3.05, 3.63) is 127 Å². The number of anilines is 1. The average molecular weight is 510 g/mol. The fourth-order valence-electron chi connectivity index (χ4n) is 3.83. The second kappa shape index (κ2) is 10.00. The second-order valence-electron chi connectivity index (χ2n) is 7.88. The molecule has 0 atom stereocenters. The number of hydrogen-bond acceptors (Lipinski definition) is 7. The van der Waals surface area contributed by atoms with Crippen molar-refractivity contribution in [3.63, 3.8) is 0 Å². The van der Waals surface area contributed by atoms with Crippen LogP contribution in [-0.4, -0.2) is 30.3 Å². The number of fused-ring (bicyclic) bond motifs is 1. The highest BCUT2D eigenvalue weighted by molar-refractivity contribution is 7.93. The molecule has 5 rings (SSSR count). The standard InChI is InChI=1S/C28H19N3O5S/c32-27(20-12-16-29-17-13-20)31(37(34,35)22-6-2-1-3-7-22)25-10-11-26(24-9-5-4-8-23(24)25)36-28(33)21-14-18-30-19-15-21/h1-19H. The van der Waals surface area contributed by atoms with E-state index in [0.717, 1.165) is 4.31 Å². The third-order valence-corrected chi connectivity index (χ3v) is 7.30. The summed E-state index contributed by atoms with van der Waals surface area (Å²) < 4.78 is 34.1. The maximum atomic E-state index is 13.8. The second-order valence-corrected chi connectivity index (χ2v) is 9.66. The number of carbonyl (C=O) groups excluding carboxylic acids is 2. The summed E-state index contributed by atoms with van der Waals surface area (Å²) in [6.07, 6.45) is 5.80. The van der Waals surface area contributed by atoms with Crippen LogP contribution >= 0.6 is 0 Å². The monoisotopic (exact) mass is 509 g/mol. The van der Waals surface area contributed by atoms with E-state index in [4.69, 9.17) is 4.74 Å². The number of ether oxygens (including phenoxy) is 1. The zero-order valence-electron chi connectivity index (χ0n) is 19.3. The number of carbonyl (C=O) groups is 2. The highest BCUT2D eigenvalue weighted by Crippen LogP contribution is 2.37. The van der Waals surface area contributed by atoms with Gasteiger partial charge in [-0.15, -0.1) is 0 Å². The summed E-state index contributed by atoms with van der Waals surface area (Å²) in [6.45, 7) is 0. The lowest BCUT2D eigenvalue weighted by molar-refractivity contribution is 0.0736. The molecule has 8 nitrogen and oxygen atoms in total. The van der Waals surface area contributed by atoms with Gasteiger partial charge >= 0.3 is 5.97 Å². The predicted octanol–water partition coefficient (Wildman–Crippen LogP) is 4.88. The molecule has 5 aromatic rings. The molecule has 0 saturated carbocycles. The number of hydrogen-bond donors (Lipinski definition) is 0. The molecular weight excluding hydrogens is 490 g/mol. The minimum absolute atomic E-state index is 0.0466. The Labute approximate surface area is 212 Å². The highest BCUT2D eigenvalue weighted by Gasteiger charge is 2.33. The number of esters is 1. The van der Waals surface area contributed by atoms with E-state index in [1.165, 1.54) is 73.3 Å². The minimum atomic E-state index is -4.32. The minimum Gasteiger partial charge on any atom is -0.422 e. The van der Waals surface area contributed by atoms with Gasteiger partial charge in [-0.1, -0.05) is 42.5 Å². The summed E-state index contributed by atoms with van der Waals surface area (Å²) in [5.74, 6) is -1.13. The molecule has 182 valence electrons. The maximum Gasteiger partial charge on any atom is 0.343 e. The average Bonchev–Trinajstić information content (AvgIpc) is 2.95. The third kappa shape index (κ3) is 4.67. The van der Waals surface area contributed by atoms with Crippen molar-refractivity contribution in [2.75, 3.05) is 4.31 Å². The van der Waals surface area contributed by atoms with Crippen molar-refractivity contribution in [2.45, 2.75) is 4.90 Å².